The molecule has 1 saturated heterocycles. The molecule has 0 radical (unpaired) electrons. The highest BCUT2D eigenvalue weighted by molar-refractivity contribution is 5.85. The molecule has 0 bridgehead atoms. The lowest BCUT2D eigenvalue weighted by atomic mass is 10.1. The molecule has 1 aromatic rings. The first kappa shape index (κ1) is 15.3. The number of hydrogen-bond acceptors (Lipinski definition) is 4. The largest absolute Gasteiger partial charge is 0.484 e. The van der Waals surface area contributed by atoms with Gasteiger partial charge < -0.3 is 19.8 Å². The third-order valence-electron chi connectivity index (χ3n) is 3.44. The van der Waals surface area contributed by atoms with Gasteiger partial charge in [0, 0.05) is 13.0 Å². The van der Waals surface area contributed by atoms with Crippen molar-refractivity contribution in [1.29, 1.82) is 0 Å². The number of rotatable bonds is 4. The Bertz CT molecular complexity index is 537. The van der Waals surface area contributed by atoms with Gasteiger partial charge in [0.25, 0.3) is 5.91 Å². The number of aliphatic hydroxyl groups excluding tert-OH is 1. The van der Waals surface area contributed by atoms with E-state index in [1.54, 1.807) is 0 Å². The summed E-state index contributed by atoms with van der Waals surface area (Å²) < 4.78 is 5.44. The Kier molecular flexibility index (Phi) is 4.47. The molecule has 2 N–H and O–H groups in total. The predicted octanol–water partition coefficient (Wildman–Crippen LogP) is 0.729. The topological polar surface area (TPSA) is 87.1 Å². The van der Waals surface area contributed by atoms with Crippen LogP contribution in [0.3, 0.4) is 0 Å². The maximum Gasteiger partial charge on any atom is 0.326 e. The van der Waals surface area contributed by atoms with Gasteiger partial charge in [0.05, 0.1) is 6.10 Å². The van der Waals surface area contributed by atoms with E-state index in [0.717, 1.165) is 16.0 Å². The molecule has 2 rings (SSSR count). The Morgan fingerprint density at radius 1 is 1.29 bits per heavy atom. The highest BCUT2D eigenvalue weighted by Gasteiger charge is 2.38. The summed E-state index contributed by atoms with van der Waals surface area (Å²) in [7, 11) is 0. The first-order valence-corrected chi connectivity index (χ1v) is 6.78. The number of benzene rings is 1. The molecule has 0 aliphatic carbocycles. The second kappa shape index (κ2) is 6.13. The van der Waals surface area contributed by atoms with Gasteiger partial charge in [-0.25, -0.2) is 4.79 Å². The van der Waals surface area contributed by atoms with Gasteiger partial charge in [0.2, 0.25) is 0 Å². The van der Waals surface area contributed by atoms with Gasteiger partial charge >= 0.3 is 5.97 Å². The number of amides is 1. The van der Waals surface area contributed by atoms with Gasteiger partial charge in [-0.05, 0) is 37.1 Å². The number of hydrogen-bond donors (Lipinski definition) is 2. The number of carbonyl (C=O) groups excluding carboxylic acids is 1. The second-order valence-electron chi connectivity index (χ2n) is 5.40. The standard InChI is InChI=1S/C15H19NO5/c1-9-3-10(2)5-12(4-9)21-8-14(18)16-7-11(17)6-13(16)15(19)20/h3-5,11,13,17H,6-8H2,1-2H3,(H,19,20)/t11-,13-/m1/s1. The van der Waals surface area contributed by atoms with E-state index in [4.69, 9.17) is 9.84 Å². The van der Waals surface area contributed by atoms with Crippen LogP contribution in [-0.2, 0) is 9.59 Å². The Morgan fingerprint density at radius 3 is 2.48 bits per heavy atom. The first-order chi connectivity index (χ1) is 9.86. The number of carboxylic acids is 1. The van der Waals surface area contributed by atoms with E-state index < -0.39 is 24.0 Å². The lowest BCUT2D eigenvalue weighted by Crippen LogP contribution is -2.42. The van der Waals surface area contributed by atoms with Crippen molar-refractivity contribution in [2.24, 2.45) is 0 Å². The summed E-state index contributed by atoms with van der Waals surface area (Å²) in [6.07, 6.45) is -0.735. The number of ether oxygens (including phenoxy) is 1. The minimum Gasteiger partial charge on any atom is -0.484 e. The van der Waals surface area contributed by atoms with Crippen LogP contribution in [0.4, 0.5) is 0 Å². The molecule has 1 heterocycles. The van der Waals surface area contributed by atoms with E-state index in [1.165, 1.54) is 0 Å². The molecule has 2 atom stereocenters. The van der Waals surface area contributed by atoms with Crippen LogP contribution in [0, 0.1) is 13.8 Å². The molecular formula is C15H19NO5. The van der Waals surface area contributed by atoms with Gasteiger partial charge in [-0.15, -0.1) is 0 Å². The zero-order chi connectivity index (χ0) is 15.6. The fourth-order valence-corrected chi connectivity index (χ4v) is 2.57. The lowest BCUT2D eigenvalue weighted by molar-refractivity contribution is -0.148. The van der Waals surface area contributed by atoms with E-state index in [9.17, 15) is 14.7 Å². The fourth-order valence-electron chi connectivity index (χ4n) is 2.57. The van der Waals surface area contributed by atoms with Gasteiger partial charge in [-0.3, -0.25) is 4.79 Å². The van der Waals surface area contributed by atoms with E-state index in [0.29, 0.717) is 5.75 Å². The molecular weight excluding hydrogens is 274 g/mol. The average Bonchev–Trinajstić information content (AvgIpc) is 2.77. The van der Waals surface area contributed by atoms with Crippen molar-refractivity contribution in [3.8, 4) is 5.75 Å². The van der Waals surface area contributed by atoms with Gasteiger partial charge in [-0.1, -0.05) is 6.07 Å². The second-order valence-corrected chi connectivity index (χ2v) is 5.40. The zero-order valence-electron chi connectivity index (χ0n) is 12.1. The van der Waals surface area contributed by atoms with Crippen molar-refractivity contribution >= 4 is 11.9 Å². The summed E-state index contributed by atoms with van der Waals surface area (Å²) in [5.41, 5.74) is 2.05. The number of carboxylic acid groups (broad SMARTS) is 1. The lowest BCUT2D eigenvalue weighted by Gasteiger charge is -2.21. The molecule has 0 spiro atoms. The highest BCUT2D eigenvalue weighted by Crippen LogP contribution is 2.20. The molecule has 6 nitrogen and oxygen atoms in total. The molecule has 1 aliphatic heterocycles. The van der Waals surface area contributed by atoms with Gasteiger partial charge in [0.15, 0.2) is 6.61 Å². The van der Waals surface area contributed by atoms with E-state index in [1.807, 2.05) is 32.0 Å². The summed E-state index contributed by atoms with van der Waals surface area (Å²) in [4.78, 5) is 24.3. The van der Waals surface area contributed by atoms with E-state index in [-0.39, 0.29) is 19.6 Å². The number of aryl methyl sites for hydroxylation is 2. The van der Waals surface area contributed by atoms with Crippen molar-refractivity contribution < 1.29 is 24.5 Å². The Balaban J connectivity index is 1.99. The van der Waals surface area contributed by atoms with Crippen LogP contribution in [-0.4, -0.2) is 52.3 Å². The fraction of sp³-hybridized carbons (Fsp3) is 0.467. The highest BCUT2D eigenvalue weighted by atomic mass is 16.5. The van der Waals surface area contributed by atoms with E-state index in [2.05, 4.69) is 0 Å². The third-order valence-corrected chi connectivity index (χ3v) is 3.44. The molecule has 1 aliphatic rings. The third kappa shape index (κ3) is 3.72. The van der Waals surface area contributed by atoms with Crippen LogP contribution in [0.15, 0.2) is 18.2 Å². The van der Waals surface area contributed by atoms with Gasteiger partial charge in [-0.2, -0.15) is 0 Å². The summed E-state index contributed by atoms with van der Waals surface area (Å²) in [6.45, 7) is 3.66. The Hall–Kier alpha value is -2.08. The summed E-state index contributed by atoms with van der Waals surface area (Å²) in [5.74, 6) is -0.961. The number of carbonyl (C=O) groups is 2. The molecule has 1 amide bonds. The normalized spacial score (nSPS) is 21.4. The maximum atomic E-state index is 12.1. The molecule has 1 aromatic carbocycles. The molecule has 21 heavy (non-hydrogen) atoms. The van der Waals surface area contributed by atoms with Crippen molar-refractivity contribution in [3.05, 3.63) is 29.3 Å². The molecule has 1 fully saturated rings. The van der Waals surface area contributed by atoms with Gasteiger partial charge in [0.1, 0.15) is 11.8 Å². The average molecular weight is 293 g/mol. The number of likely N-dealkylation sites (tertiary alicyclic amines) is 1. The molecule has 6 heteroatoms. The minimum atomic E-state index is -1.11. The first-order valence-electron chi connectivity index (χ1n) is 6.78. The number of aliphatic hydroxyl groups is 1. The molecule has 0 unspecified atom stereocenters. The van der Waals surface area contributed by atoms with Crippen molar-refractivity contribution in [1.82, 2.24) is 4.90 Å². The van der Waals surface area contributed by atoms with Crippen molar-refractivity contribution in [3.63, 3.8) is 0 Å². The van der Waals surface area contributed by atoms with Crippen LogP contribution in [0.5, 0.6) is 5.75 Å². The van der Waals surface area contributed by atoms with Crippen LogP contribution in [0.25, 0.3) is 0 Å². The Labute approximate surface area is 122 Å². The van der Waals surface area contributed by atoms with Crippen LogP contribution in [0.2, 0.25) is 0 Å². The van der Waals surface area contributed by atoms with Crippen molar-refractivity contribution in [2.45, 2.75) is 32.4 Å². The maximum absolute atomic E-state index is 12.1. The quantitative estimate of drug-likeness (QED) is 0.854. The van der Waals surface area contributed by atoms with Crippen molar-refractivity contribution in [2.75, 3.05) is 13.2 Å². The van der Waals surface area contributed by atoms with E-state index >= 15 is 0 Å². The Morgan fingerprint density at radius 2 is 1.90 bits per heavy atom. The summed E-state index contributed by atoms with van der Waals surface area (Å²) >= 11 is 0. The van der Waals surface area contributed by atoms with Crippen LogP contribution < -0.4 is 4.74 Å². The smallest absolute Gasteiger partial charge is 0.326 e. The van der Waals surface area contributed by atoms with Crippen LogP contribution >= 0.6 is 0 Å². The number of β-amino-alcohol motifs (C(OH)–C–C–N with tert-alkyl or cyclic N) is 1. The predicted molar refractivity (Wildman–Crippen MR) is 75.2 cm³/mol. The summed E-state index contributed by atoms with van der Waals surface area (Å²) in [6, 6.07) is 4.64. The number of aliphatic carboxylic acids is 1. The minimum absolute atomic E-state index is 0.0337. The summed E-state index contributed by atoms with van der Waals surface area (Å²) in [5, 5.41) is 18.6. The molecule has 114 valence electrons. The zero-order valence-corrected chi connectivity index (χ0v) is 12.1. The monoisotopic (exact) mass is 293 g/mol. The molecule has 0 aromatic heterocycles. The van der Waals surface area contributed by atoms with Crippen LogP contribution in [0.1, 0.15) is 17.5 Å². The number of nitrogens with zero attached hydrogens (tertiary/aromatic N) is 1. The SMILES string of the molecule is Cc1cc(C)cc(OCC(=O)N2C[C@H](O)C[C@@H]2C(=O)O)c1. The molecule has 0 saturated carbocycles.